The van der Waals surface area contributed by atoms with Gasteiger partial charge in [-0.1, -0.05) is 0 Å². The third-order valence-electron chi connectivity index (χ3n) is 2.12. The van der Waals surface area contributed by atoms with Crippen molar-refractivity contribution >= 4 is 21.9 Å². The van der Waals surface area contributed by atoms with Crippen LogP contribution in [0.3, 0.4) is 0 Å². The van der Waals surface area contributed by atoms with E-state index in [-0.39, 0.29) is 21.9 Å². The monoisotopic (exact) mass is 390 g/mol. The first-order valence-electron chi connectivity index (χ1n) is 8.79. The molecule has 4 nitrogen and oxygen atoms in total. The Labute approximate surface area is 162 Å². The van der Waals surface area contributed by atoms with Crippen LogP contribution in [-0.4, -0.2) is 33.0 Å². The summed E-state index contributed by atoms with van der Waals surface area (Å²) in [6, 6.07) is 0. The Morgan fingerprint density at radius 3 is 1.04 bits per heavy atom. The maximum absolute atomic E-state index is 4.79. The SMILES string of the molecule is CC(C)(C)C=N[C](=NC(C)(C)C)[Fe][C](N=CC(C)(C)C)=NC(C)(C)C. The van der Waals surface area contributed by atoms with Gasteiger partial charge in [-0.15, -0.1) is 0 Å². The Morgan fingerprint density at radius 1 is 0.560 bits per heavy atom. The molecule has 0 rings (SSSR count). The normalized spacial score (nSPS) is 16.5. The van der Waals surface area contributed by atoms with Gasteiger partial charge < -0.3 is 0 Å². The van der Waals surface area contributed by atoms with E-state index in [0.29, 0.717) is 15.0 Å². The molecule has 25 heavy (non-hydrogen) atoms. The fourth-order valence-electron chi connectivity index (χ4n) is 1.24. The van der Waals surface area contributed by atoms with Gasteiger partial charge in [0.05, 0.1) is 0 Å². The van der Waals surface area contributed by atoms with Gasteiger partial charge >= 0.3 is 162 Å². The molecule has 0 bridgehead atoms. The summed E-state index contributed by atoms with van der Waals surface area (Å²) < 4.78 is 1.55. The second-order valence-corrected chi connectivity index (χ2v) is 11.7. The van der Waals surface area contributed by atoms with Crippen LogP contribution in [0, 0.1) is 10.8 Å². The van der Waals surface area contributed by atoms with Crippen LogP contribution in [0.4, 0.5) is 0 Å². The number of hydrogen-bond donors (Lipinski definition) is 0. The van der Waals surface area contributed by atoms with Gasteiger partial charge in [-0.3, -0.25) is 0 Å². The first-order valence-corrected chi connectivity index (χ1v) is 9.89. The fourth-order valence-corrected chi connectivity index (χ4v) is 2.61. The number of rotatable bonds is 2. The zero-order valence-corrected chi connectivity index (χ0v) is 19.4. The molecular weight excluding hydrogens is 352 g/mol. The molecule has 0 amide bonds. The summed E-state index contributed by atoms with van der Waals surface area (Å²) >= 11 is 0.535. The molecule has 0 spiro atoms. The molecule has 0 N–H and O–H groups in total. The minimum atomic E-state index is -0.189. The quantitative estimate of drug-likeness (QED) is 0.334. The first kappa shape index (κ1) is 24.2. The predicted octanol–water partition coefficient (Wildman–Crippen LogP) is 5.61. The molecule has 0 atom stereocenters. The summed E-state index contributed by atoms with van der Waals surface area (Å²) in [5.41, 5.74) is -0.361. The topological polar surface area (TPSA) is 49.4 Å². The first-order chi connectivity index (χ1) is 10.9. The van der Waals surface area contributed by atoms with E-state index >= 15 is 0 Å². The summed E-state index contributed by atoms with van der Waals surface area (Å²) in [7, 11) is 0. The summed E-state index contributed by atoms with van der Waals surface area (Å²) in [5, 5.41) is 0. The van der Waals surface area contributed by atoms with Crippen LogP contribution in [0.5, 0.6) is 0 Å². The molecule has 0 aromatic heterocycles. The second-order valence-electron chi connectivity index (χ2n) is 10.4. The van der Waals surface area contributed by atoms with Crippen molar-refractivity contribution in [2.24, 2.45) is 30.8 Å². The Hall–Kier alpha value is -0.801. The van der Waals surface area contributed by atoms with E-state index in [1.54, 1.807) is 0 Å². The fraction of sp³-hybridized carbons (Fsp3) is 0.800. The number of hydrogen-bond acceptors (Lipinski definition) is 2. The Kier molecular flexibility index (Phi) is 8.45. The molecule has 0 heterocycles. The van der Waals surface area contributed by atoms with E-state index in [1.807, 2.05) is 12.4 Å². The molecule has 146 valence electrons. The van der Waals surface area contributed by atoms with Gasteiger partial charge in [-0.2, -0.15) is 0 Å². The number of nitrogens with zero attached hydrogens (tertiary/aromatic N) is 4. The maximum atomic E-state index is 4.79. The van der Waals surface area contributed by atoms with Crippen LogP contribution >= 0.6 is 0 Å². The van der Waals surface area contributed by atoms with Gasteiger partial charge in [0.25, 0.3) is 0 Å². The predicted molar refractivity (Wildman–Crippen MR) is 110 cm³/mol. The molecule has 0 aliphatic heterocycles. The van der Waals surface area contributed by atoms with Crippen molar-refractivity contribution in [2.75, 3.05) is 0 Å². The molecule has 0 radical (unpaired) electrons. The van der Waals surface area contributed by atoms with Crippen LogP contribution in [0.2, 0.25) is 0 Å². The Morgan fingerprint density at radius 2 is 0.840 bits per heavy atom. The summed E-state index contributed by atoms with van der Waals surface area (Å²) in [6.07, 6.45) is 3.92. The van der Waals surface area contributed by atoms with Gasteiger partial charge in [-0.25, -0.2) is 0 Å². The van der Waals surface area contributed by atoms with Crippen LogP contribution < -0.4 is 0 Å². The van der Waals surface area contributed by atoms with Crippen LogP contribution in [-0.2, 0) is 15.0 Å². The van der Waals surface area contributed by atoms with E-state index in [1.165, 1.54) is 0 Å². The molecule has 0 saturated carbocycles. The van der Waals surface area contributed by atoms with Gasteiger partial charge in [0, 0.05) is 0 Å². The third-order valence-corrected chi connectivity index (χ3v) is 3.14. The molecule has 0 fully saturated rings. The van der Waals surface area contributed by atoms with Crippen molar-refractivity contribution < 1.29 is 15.0 Å². The van der Waals surface area contributed by atoms with E-state index in [0.717, 1.165) is 9.47 Å². The molecule has 0 aliphatic carbocycles. The average molecular weight is 390 g/mol. The minimum absolute atomic E-state index is 0.00860. The van der Waals surface area contributed by atoms with Gasteiger partial charge in [0.15, 0.2) is 0 Å². The Balaban J connectivity index is 5.83. The zero-order chi connectivity index (χ0) is 20.1. The molecule has 0 aromatic rings. The summed E-state index contributed by atoms with van der Waals surface area (Å²) in [6.45, 7) is 25.3. The molecule has 0 unspecified atom stereocenters. The van der Waals surface area contributed by atoms with E-state index in [2.05, 4.69) is 93.1 Å². The molecule has 0 saturated heterocycles. The van der Waals surface area contributed by atoms with Gasteiger partial charge in [0.2, 0.25) is 0 Å². The van der Waals surface area contributed by atoms with Crippen molar-refractivity contribution in [3.63, 3.8) is 0 Å². The van der Waals surface area contributed by atoms with Crippen LogP contribution in [0.15, 0.2) is 20.0 Å². The van der Waals surface area contributed by atoms with Crippen LogP contribution in [0.1, 0.15) is 83.1 Å². The molecule has 0 aliphatic rings. The van der Waals surface area contributed by atoms with E-state index in [4.69, 9.17) is 9.98 Å². The molecular formula is C20H38FeN4. The van der Waals surface area contributed by atoms with Crippen molar-refractivity contribution in [1.29, 1.82) is 0 Å². The van der Waals surface area contributed by atoms with Crippen molar-refractivity contribution in [2.45, 2.75) is 94.2 Å². The number of aliphatic imine (C=N–C) groups is 4. The summed E-state index contributed by atoms with van der Waals surface area (Å²) in [5.74, 6) is 0. The van der Waals surface area contributed by atoms with Crippen LogP contribution in [0.25, 0.3) is 0 Å². The summed E-state index contributed by atoms with van der Waals surface area (Å²) in [4.78, 5) is 18.9. The van der Waals surface area contributed by atoms with Crippen molar-refractivity contribution in [3.05, 3.63) is 0 Å². The van der Waals surface area contributed by atoms with E-state index < -0.39 is 0 Å². The second kappa shape index (κ2) is 8.72. The van der Waals surface area contributed by atoms with E-state index in [9.17, 15) is 0 Å². The standard InChI is InChI=1S/2C10H19N2.Fe/c2*1-9(2,3)7-11-8-12-10(4,5)6;/h2*7H,1-6H3;. The van der Waals surface area contributed by atoms with Gasteiger partial charge in [0.1, 0.15) is 0 Å². The van der Waals surface area contributed by atoms with Gasteiger partial charge in [-0.05, 0) is 0 Å². The third kappa shape index (κ3) is 16.4. The molecule has 0 aromatic carbocycles. The number of amidine groups is 2. The zero-order valence-electron chi connectivity index (χ0n) is 18.3. The van der Waals surface area contributed by atoms with Crippen molar-refractivity contribution in [1.82, 2.24) is 0 Å². The van der Waals surface area contributed by atoms with Crippen molar-refractivity contribution in [3.8, 4) is 0 Å². The Bertz CT molecular complexity index is 492. The molecule has 5 heteroatoms. The average Bonchev–Trinajstić information content (AvgIpc) is 2.27.